The van der Waals surface area contributed by atoms with Gasteiger partial charge in [-0.15, -0.1) is 12.4 Å². The van der Waals surface area contributed by atoms with E-state index in [1.165, 1.54) is 24.0 Å². The Morgan fingerprint density at radius 1 is 1.30 bits per heavy atom. The van der Waals surface area contributed by atoms with Gasteiger partial charge in [-0.3, -0.25) is 4.79 Å². The molecule has 4 heteroatoms. The van der Waals surface area contributed by atoms with E-state index in [2.05, 4.69) is 11.4 Å². The number of likely N-dealkylation sites (tertiary alicyclic amines) is 1. The number of carbonyl (C=O) groups is 1. The van der Waals surface area contributed by atoms with Gasteiger partial charge in [-0.25, -0.2) is 0 Å². The van der Waals surface area contributed by atoms with Crippen molar-refractivity contribution in [3.05, 3.63) is 34.9 Å². The first-order valence-electron chi connectivity index (χ1n) is 7.37. The molecule has 1 unspecified atom stereocenters. The maximum Gasteiger partial charge on any atom is 0.254 e. The van der Waals surface area contributed by atoms with Crippen molar-refractivity contribution in [3.63, 3.8) is 0 Å². The van der Waals surface area contributed by atoms with E-state index in [0.29, 0.717) is 6.04 Å². The number of rotatable bonds is 2. The molecule has 1 atom stereocenters. The van der Waals surface area contributed by atoms with Crippen molar-refractivity contribution in [2.24, 2.45) is 0 Å². The molecule has 1 aliphatic heterocycles. The molecule has 2 aliphatic rings. The van der Waals surface area contributed by atoms with E-state index in [1.54, 1.807) is 0 Å². The van der Waals surface area contributed by atoms with Gasteiger partial charge in [0.05, 0.1) is 0 Å². The highest BCUT2D eigenvalue weighted by atomic mass is 35.5. The average Bonchev–Trinajstić information content (AvgIpc) is 2.95. The zero-order valence-corrected chi connectivity index (χ0v) is 12.8. The molecule has 1 aliphatic carbocycles. The van der Waals surface area contributed by atoms with Gasteiger partial charge in [-0.05, 0) is 56.3 Å². The zero-order chi connectivity index (χ0) is 13.2. The summed E-state index contributed by atoms with van der Waals surface area (Å²) in [5.41, 5.74) is 3.64. The minimum Gasteiger partial charge on any atom is -0.337 e. The van der Waals surface area contributed by atoms with Crippen LogP contribution in [0.1, 0.15) is 40.7 Å². The molecule has 1 fully saturated rings. The first-order valence-corrected chi connectivity index (χ1v) is 7.37. The molecule has 110 valence electrons. The number of benzene rings is 1. The van der Waals surface area contributed by atoms with Crippen molar-refractivity contribution in [2.75, 3.05) is 20.1 Å². The van der Waals surface area contributed by atoms with Crippen molar-refractivity contribution in [1.29, 1.82) is 0 Å². The van der Waals surface area contributed by atoms with Gasteiger partial charge in [0.2, 0.25) is 0 Å². The first-order chi connectivity index (χ1) is 9.29. The number of aryl methyl sites for hydroxylation is 1. The van der Waals surface area contributed by atoms with E-state index >= 15 is 0 Å². The van der Waals surface area contributed by atoms with Gasteiger partial charge in [-0.2, -0.15) is 0 Å². The number of hydrogen-bond donors (Lipinski definition) is 1. The smallest absolute Gasteiger partial charge is 0.254 e. The fourth-order valence-corrected chi connectivity index (χ4v) is 3.39. The average molecular weight is 295 g/mol. The lowest BCUT2D eigenvalue weighted by Gasteiger charge is -2.33. The molecule has 1 heterocycles. The van der Waals surface area contributed by atoms with Crippen molar-refractivity contribution < 1.29 is 4.79 Å². The lowest BCUT2D eigenvalue weighted by molar-refractivity contribution is 0.0697. The molecule has 1 N–H and O–H groups in total. The third kappa shape index (κ3) is 2.84. The fourth-order valence-electron chi connectivity index (χ4n) is 3.39. The van der Waals surface area contributed by atoms with Gasteiger partial charge in [0.1, 0.15) is 0 Å². The third-order valence-electron chi connectivity index (χ3n) is 4.49. The normalized spacial score (nSPS) is 21.2. The summed E-state index contributed by atoms with van der Waals surface area (Å²) in [5.74, 6) is 0.235. The molecule has 0 bridgehead atoms. The van der Waals surface area contributed by atoms with Gasteiger partial charge < -0.3 is 10.2 Å². The van der Waals surface area contributed by atoms with Crippen LogP contribution < -0.4 is 5.32 Å². The monoisotopic (exact) mass is 294 g/mol. The largest absolute Gasteiger partial charge is 0.337 e. The highest BCUT2D eigenvalue weighted by Gasteiger charge is 2.26. The van der Waals surface area contributed by atoms with Crippen LogP contribution in [-0.2, 0) is 12.8 Å². The molecule has 0 spiro atoms. The second-order valence-electron chi connectivity index (χ2n) is 5.68. The van der Waals surface area contributed by atoms with Crippen LogP contribution >= 0.6 is 12.4 Å². The summed E-state index contributed by atoms with van der Waals surface area (Å²) >= 11 is 0. The number of nitrogens with one attached hydrogen (secondary N) is 1. The SMILES string of the molecule is CNC1CCCN(C(=O)c2cccc3c2CCC3)C1.Cl. The summed E-state index contributed by atoms with van der Waals surface area (Å²) in [4.78, 5) is 14.7. The van der Waals surface area contributed by atoms with Crippen LogP contribution in [0, 0.1) is 0 Å². The standard InChI is InChI=1S/C16H22N2O.ClH/c1-17-13-7-4-10-18(11-13)16(19)15-9-3-6-12-5-2-8-14(12)15;/h3,6,9,13,17H,2,4-5,7-8,10-11H2,1H3;1H. The Balaban J connectivity index is 0.00000147. The number of nitrogens with zero attached hydrogens (tertiary/aromatic N) is 1. The lowest BCUT2D eigenvalue weighted by Crippen LogP contribution is -2.47. The molecule has 1 saturated heterocycles. The minimum atomic E-state index is 0. The Bertz CT molecular complexity index is 489. The molecule has 3 nitrogen and oxygen atoms in total. The molecule has 0 aromatic heterocycles. The van der Waals surface area contributed by atoms with Gasteiger partial charge in [0.25, 0.3) is 5.91 Å². The Labute approximate surface area is 127 Å². The number of likely N-dealkylation sites (N-methyl/N-ethyl adjacent to an activating group) is 1. The molecule has 1 aromatic carbocycles. The van der Waals surface area contributed by atoms with Crippen LogP contribution in [-0.4, -0.2) is 37.0 Å². The first kappa shape index (κ1) is 15.3. The van der Waals surface area contributed by atoms with Gasteiger partial charge in [0, 0.05) is 24.7 Å². The van der Waals surface area contributed by atoms with Gasteiger partial charge in [-0.1, -0.05) is 12.1 Å². The van der Waals surface area contributed by atoms with Crippen molar-refractivity contribution in [1.82, 2.24) is 10.2 Å². The molecule has 20 heavy (non-hydrogen) atoms. The van der Waals surface area contributed by atoms with E-state index in [-0.39, 0.29) is 18.3 Å². The van der Waals surface area contributed by atoms with Crippen LogP contribution in [0.5, 0.6) is 0 Å². The summed E-state index contributed by atoms with van der Waals surface area (Å²) in [6.45, 7) is 1.75. The Morgan fingerprint density at radius 2 is 2.15 bits per heavy atom. The quantitative estimate of drug-likeness (QED) is 0.908. The Hall–Kier alpha value is -1.06. The molecule has 3 rings (SSSR count). The summed E-state index contributed by atoms with van der Waals surface area (Å²) in [6.07, 6.45) is 5.67. The number of carbonyl (C=O) groups excluding carboxylic acids is 1. The third-order valence-corrected chi connectivity index (χ3v) is 4.49. The maximum atomic E-state index is 12.7. The predicted molar refractivity (Wildman–Crippen MR) is 83.7 cm³/mol. The van der Waals surface area contributed by atoms with E-state index in [9.17, 15) is 4.79 Å². The lowest BCUT2D eigenvalue weighted by atomic mass is 10.00. The Morgan fingerprint density at radius 3 is 2.95 bits per heavy atom. The predicted octanol–water partition coefficient (Wildman–Crippen LogP) is 2.42. The number of amides is 1. The fraction of sp³-hybridized carbons (Fsp3) is 0.562. The van der Waals surface area contributed by atoms with E-state index in [0.717, 1.165) is 37.9 Å². The van der Waals surface area contributed by atoms with E-state index in [1.807, 2.05) is 24.1 Å². The topological polar surface area (TPSA) is 32.3 Å². The summed E-state index contributed by atoms with van der Waals surface area (Å²) in [6, 6.07) is 6.67. The summed E-state index contributed by atoms with van der Waals surface area (Å²) in [7, 11) is 1.98. The van der Waals surface area contributed by atoms with Gasteiger partial charge in [0.15, 0.2) is 0 Å². The van der Waals surface area contributed by atoms with Gasteiger partial charge >= 0.3 is 0 Å². The molecule has 1 aromatic rings. The van der Waals surface area contributed by atoms with Crippen molar-refractivity contribution in [2.45, 2.75) is 38.1 Å². The zero-order valence-electron chi connectivity index (χ0n) is 12.0. The van der Waals surface area contributed by atoms with Crippen LogP contribution in [0.15, 0.2) is 18.2 Å². The molecular formula is C16H23ClN2O. The van der Waals surface area contributed by atoms with E-state index < -0.39 is 0 Å². The highest BCUT2D eigenvalue weighted by Crippen LogP contribution is 2.26. The Kier molecular flexibility index (Phi) is 5.06. The number of halogens is 1. The van der Waals surface area contributed by atoms with Crippen LogP contribution in [0.25, 0.3) is 0 Å². The van der Waals surface area contributed by atoms with Crippen LogP contribution in [0.3, 0.4) is 0 Å². The second-order valence-corrected chi connectivity index (χ2v) is 5.68. The summed E-state index contributed by atoms with van der Waals surface area (Å²) in [5, 5.41) is 3.30. The van der Waals surface area contributed by atoms with E-state index in [4.69, 9.17) is 0 Å². The number of fused-ring (bicyclic) bond motifs is 1. The van der Waals surface area contributed by atoms with Crippen LogP contribution in [0.4, 0.5) is 0 Å². The van der Waals surface area contributed by atoms with Crippen molar-refractivity contribution in [3.8, 4) is 0 Å². The summed E-state index contributed by atoms with van der Waals surface area (Å²) < 4.78 is 0. The molecule has 0 radical (unpaired) electrons. The minimum absolute atomic E-state index is 0. The number of piperidine rings is 1. The highest BCUT2D eigenvalue weighted by molar-refractivity contribution is 5.96. The van der Waals surface area contributed by atoms with Crippen molar-refractivity contribution >= 4 is 18.3 Å². The van der Waals surface area contributed by atoms with Crippen LogP contribution in [0.2, 0.25) is 0 Å². The molecule has 0 saturated carbocycles. The second kappa shape index (κ2) is 6.59. The number of hydrogen-bond acceptors (Lipinski definition) is 2. The maximum absolute atomic E-state index is 12.7. The molecular weight excluding hydrogens is 272 g/mol. The molecule has 1 amide bonds.